The molecule has 104 valence electrons. The average Bonchev–Trinajstić information content (AvgIpc) is 2.62. The fraction of sp³-hybridized carbons (Fsp3) is 0.333. The first-order valence-electron chi connectivity index (χ1n) is 6.61. The van der Waals surface area contributed by atoms with E-state index in [4.69, 9.17) is 0 Å². The fourth-order valence-electron chi connectivity index (χ4n) is 2.84. The molecule has 0 amide bonds. The van der Waals surface area contributed by atoms with E-state index in [9.17, 15) is 14.3 Å². The van der Waals surface area contributed by atoms with Crippen molar-refractivity contribution in [3.63, 3.8) is 0 Å². The quantitative estimate of drug-likeness (QED) is 0.797. The van der Waals surface area contributed by atoms with Gasteiger partial charge in [0.2, 0.25) is 0 Å². The van der Waals surface area contributed by atoms with Gasteiger partial charge in [0, 0.05) is 17.1 Å². The molecule has 1 aromatic carbocycles. The Bertz CT molecular complexity index is 715. The first-order chi connectivity index (χ1) is 9.58. The highest BCUT2D eigenvalue weighted by atomic mass is 79.9. The van der Waals surface area contributed by atoms with E-state index in [2.05, 4.69) is 20.9 Å². The van der Waals surface area contributed by atoms with E-state index >= 15 is 0 Å². The zero-order chi connectivity index (χ0) is 14.3. The van der Waals surface area contributed by atoms with Crippen LogP contribution >= 0.6 is 15.9 Å². The van der Waals surface area contributed by atoms with Crippen LogP contribution in [0.2, 0.25) is 0 Å². The fourth-order valence-corrected chi connectivity index (χ4v) is 3.18. The van der Waals surface area contributed by atoms with E-state index in [0.29, 0.717) is 10.9 Å². The van der Waals surface area contributed by atoms with Gasteiger partial charge in [-0.15, -0.1) is 0 Å². The zero-order valence-corrected chi connectivity index (χ0v) is 12.3. The molecule has 0 spiro atoms. The summed E-state index contributed by atoms with van der Waals surface area (Å²) in [5.74, 6) is -1.39. The highest BCUT2D eigenvalue weighted by molar-refractivity contribution is 9.10. The molecule has 0 atom stereocenters. The smallest absolute Gasteiger partial charge is 0.336 e. The summed E-state index contributed by atoms with van der Waals surface area (Å²) in [6.07, 6.45) is 4.55. The van der Waals surface area contributed by atoms with Gasteiger partial charge in [-0.2, -0.15) is 0 Å². The molecule has 0 unspecified atom stereocenters. The van der Waals surface area contributed by atoms with E-state index in [0.717, 1.165) is 43.4 Å². The summed E-state index contributed by atoms with van der Waals surface area (Å²) in [5.41, 5.74) is 2.34. The Hall–Kier alpha value is -1.49. The Morgan fingerprint density at radius 1 is 1.25 bits per heavy atom. The zero-order valence-electron chi connectivity index (χ0n) is 10.7. The minimum atomic E-state index is -0.964. The molecule has 3 rings (SSSR count). The molecule has 0 aliphatic heterocycles. The summed E-state index contributed by atoms with van der Waals surface area (Å²) >= 11 is 3.12. The maximum absolute atomic E-state index is 13.7. The second kappa shape index (κ2) is 5.13. The molecule has 1 aliphatic carbocycles. The first kappa shape index (κ1) is 13.5. The Morgan fingerprint density at radius 3 is 2.75 bits per heavy atom. The van der Waals surface area contributed by atoms with Gasteiger partial charge in [-0.25, -0.2) is 9.18 Å². The van der Waals surface area contributed by atoms with E-state index in [-0.39, 0.29) is 10.0 Å². The number of nitrogens with zero attached hydrogens (tertiary/aromatic N) is 1. The number of benzene rings is 1. The Balaban J connectivity index is 2.39. The highest BCUT2D eigenvalue weighted by Crippen LogP contribution is 2.31. The number of pyridine rings is 1. The third-order valence-electron chi connectivity index (χ3n) is 3.77. The molecule has 1 aliphatic rings. The normalized spacial score (nSPS) is 14.9. The van der Waals surface area contributed by atoms with Crippen LogP contribution in [0.15, 0.2) is 16.6 Å². The van der Waals surface area contributed by atoms with E-state index in [1.54, 1.807) is 0 Å². The standard InChI is InChI=1S/C15H13BrFNO2/c16-10-6-9-13(7-11(10)17)18-12-5-3-1-2-4-8(12)14(9)15(19)20/h6-7H,1-5H2,(H,19,20). The van der Waals surface area contributed by atoms with E-state index < -0.39 is 11.8 Å². The van der Waals surface area contributed by atoms with Crippen LogP contribution < -0.4 is 0 Å². The summed E-state index contributed by atoms with van der Waals surface area (Å²) < 4.78 is 13.9. The molecule has 0 saturated carbocycles. The molecule has 1 aromatic heterocycles. The van der Waals surface area contributed by atoms with Crippen molar-refractivity contribution < 1.29 is 14.3 Å². The van der Waals surface area contributed by atoms with Crippen LogP contribution in [-0.4, -0.2) is 16.1 Å². The van der Waals surface area contributed by atoms with Crippen molar-refractivity contribution in [2.24, 2.45) is 0 Å². The number of aromatic carboxylic acids is 1. The van der Waals surface area contributed by atoms with Gasteiger partial charge in [-0.1, -0.05) is 6.42 Å². The van der Waals surface area contributed by atoms with Gasteiger partial charge >= 0.3 is 5.97 Å². The van der Waals surface area contributed by atoms with Gasteiger partial charge in [0.15, 0.2) is 0 Å². The molecular formula is C15H13BrFNO2. The monoisotopic (exact) mass is 337 g/mol. The number of halogens is 2. The predicted octanol–water partition coefficient (Wildman–Crippen LogP) is 4.10. The lowest BCUT2D eigenvalue weighted by Crippen LogP contribution is -2.09. The summed E-state index contributed by atoms with van der Waals surface area (Å²) in [5, 5.41) is 10.1. The van der Waals surface area contributed by atoms with Crippen molar-refractivity contribution >= 4 is 32.8 Å². The number of aromatic nitrogens is 1. The summed E-state index contributed by atoms with van der Waals surface area (Å²) in [4.78, 5) is 16.2. The van der Waals surface area contributed by atoms with Crippen LogP contribution in [0.4, 0.5) is 4.39 Å². The van der Waals surface area contributed by atoms with Gasteiger partial charge in [-0.3, -0.25) is 4.98 Å². The van der Waals surface area contributed by atoms with Crippen LogP contribution in [0.3, 0.4) is 0 Å². The maximum atomic E-state index is 13.7. The Labute approximate surface area is 124 Å². The summed E-state index contributed by atoms with van der Waals surface area (Å²) in [7, 11) is 0. The molecule has 1 N–H and O–H groups in total. The number of fused-ring (bicyclic) bond motifs is 2. The third-order valence-corrected chi connectivity index (χ3v) is 4.38. The Kier molecular flexibility index (Phi) is 3.46. The van der Waals surface area contributed by atoms with Crippen molar-refractivity contribution in [1.82, 2.24) is 4.98 Å². The van der Waals surface area contributed by atoms with Crippen LogP contribution in [0.5, 0.6) is 0 Å². The number of carbonyl (C=O) groups is 1. The van der Waals surface area contributed by atoms with Gasteiger partial charge in [-0.05, 0) is 53.2 Å². The summed E-state index contributed by atoms with van der Waals surface area (Å²) in [6, 6.07) is 2.82. The molecule has 5 heteroatoms. The highest BCUT2D eigenvalue weighted by Gasteiger charge is 2.22. The minimum absolute atomic E-state index is 0.267. The maximum Gasteiger partial charge on any atom is 0.336 e. The lowest BCUT2D eigenvalue weighted by Gasteiger charge is -2.13. The molecule has 3 nitrogen and oxygen atoms in total. The van der Waals surface area contributed by atoms with Crippen LogP contribution in [0.1, 0.15) is 40.9 Å². The van der Waals surface area contributed by atoms with Gasteiger partial charge in [0.05, 0.1) is 15.6 Å². The lowest BCUT2D eigenvalue weighted by molar-refractivity contribution is 0.0697. The molecule has 0 radical (unpaired) electrons. The molecule has 0 fully saturated rings. The van der Waals surface area contributed by atoms with Crippen molar-refractivity contribution in [2.45, 2.75) is 32.1 Å². The van der Waals surface area contributed by atoms with Crippen LogP contribution in [0, 0.1) is 5.82 Å². The topological polar surface area (TPSA) is 50.2 Å². The van der Waals surface area contributed by atoms with Crippen molar-refractivity contribution in [1.29, 1.82) is 0 Å². The SMILES string of the molecule is O=C(O)c1c2c(nc3cc(F)c(Br)cc13)CCCCC2. The van der Waals surface area contributed by atoms with Crippen LogP contribution in [-0.2, 0) is 12.8 Å². The number of aryl methyl sites for hydroxylation is 1. The number of hydrogen-bond acceptors (Lipinski definition) is 2. The molecular weight excluding hydrogens is 325 g/mol. The molecule has 2 aromatic rings. The largest absolute Gasteiger partial charge is 0.478 e. The van der Waals surface area contributed by atoms with Crippen molar-refractivity contribution in [3.05, 3.63) is 39.2 Å². The molecule has 1 heterocycles. The second-order valence-electron chi connectivity index (χ2n) is 5.06. The van der Waals surface area contributed by atoms with Crippen molar-refractivity contribution in [2.75, 3.05) is 0 Å². The predicted molar refractivity (Wildman–Crippen MR) is 77.6 cm³/mol. The minimum Gasteiger partial charge on any atom is -0.478 e. The number of rotatable bonds is 1. The number of hydrogen-bond donors (Lipinski definition) is 1. The molecule has 0 bridgehead atoms. The molecule has 0 saturated heterocycles. The lowest BCUT2D eigenvalue weighted by atomic mass is 9.97. The number of carboxylic acid groups (broad SMARTS) is 1. The van der Waals surface area contributed by atoms with E-state index in [1.807, 2.05) is 0 Å². The average molecular weight is 338 g/mol. The number of carboxylic acids is 1. The van der Waals surface area contributed by atoms with Crippen molar-refractivity contribution in [3.8, 4) is 0 Å². The van der Waals surface area contributed by atoms with E-state index in [1.165, 1.54) is 12.1 Å². The summed E-state index contributed by atoms with van der Waals surface area (Å²) in [6.45, 7) is 0. The molecule has 20 heavy (non-hydrogen) atoms. The van der Waals surface area contributed by atoms with Gasteiger partial charge < -0.3 is 5.11 Å². The van der Waals surface area contributed by atoms with Crippen LogP contribution in [0.25, 0.3) is 10.9 Å². The Morgan fingerprint density at radius 2 is 2.00 bits per heavy atom. The van der Waals surface area contributed by atoms with Gasteiger partial charge in [0.1, 0.15) is 5.82 Å². The van der Waals surface area contributed by atoms with Gasteiger partial charge in [0.25, 0.3) is 0 Å². The first-order valence-corrected chi connectivity index (χ1v) is 7.41. The second-order valence-corrected chi connectivity index (χ2v) is 5.92. The third kappa shape index (κ3) is 2.20.